The van der Waals surface area contributed by atoms with Crippen LogP contribution < -0.4 is 4.74 Å². The molecular weight excluding hydrogens is 166 g/mol. The van der Waals surface area contributed by atoms with E-state index >= 15 is 0 Å². The fourth-order valence-electron chi connectivity index (χ4n) is 0.839. The topological polar surface area (TPSA) is 47.9 Å². The molecule has 0 aliphatic carbocycles. The maximum Gasteiger partial charge on any atom is 0.323 e. The third-order valence-electron chi connectivity index (χ3n) is 1.38. The third-order valence-corrected chi connectivity index (χ3v) is 1.38. The summed E-state index contributed by atoms with van der Waals surface area (Å²) in [6.07, 6.45) is 4.88. The van der Waals surface area contributed by atoms with Crippen molar-refractivity contribution in [2.75, 3.05) is 0 Å². The summed E-state index contributed by atoms with van der Waals surface area (Å²) in [5.74, 6) is 0.494. The molecule has 0 aliphatic heterocycles. The summed E-state index contributed by atoms with van der Waals surface area (Å²) in [6.45, 7) is 0. The van der Waals surface area contributed by atoms with Crippen LogP contribution in [0.1, 0.15) is 0 Å². The van der Waals surface area contributed by atoms with Gasteiger partial charge in [0, 0.05) is 24.7 Å². The summed E-state index contributed by atoms with van der Waals surface area (Å²) in [7, 11) is 0. The lowest BCUT2D eigenvalue weighted by atomic mass is 10.5. The molecule has 0 saturated heterocycles. The van der Waals surface area contributed by atoms with Gasteiger partial charge in [-0.2, -0.15) is 0 Å². The SMILES string of the molecule is c1ccc(Oc2ncccn2)nc1. The third kappa shape index (κ3) is 1.99. The van der Waals surface area contributed by atoms with Crippen molar-refractivity contribution in [3.05, 3.63) is 42.9 Å². The molecule has 2 aromatic heterocycles. The lowest BCUT2D eigenvalue weighted by molar-refractivity contribution is 0.425. The normalized spacial score (nSPS) is 9.54. The van der Waals surface area contributed by atoms with Crippen molar-refractivity contribution in [3.63, 3.8) is 0 Å². The van der Waals surface area contributed by atoms with Gasteiger partial charge in [0.25, 0.3) is 0 Å². The van der Waals surface area contributed by atoms with E-state index in [-0.39, 0.29) is 0 Å². The first-order valence-electron chi connectivity index (χ1n) is 3.81. The van der Waals surface area contributed by atoms with Crippen LogP contribution in [0.15, 0.2) is 42.9 Å². The first kappa shape index (κ1) is 7.67. The van der Waals surface area contributed by atoms with E-state index < -0.39 is 0 Å². The summed E-state index contributed by atoms with van der Waals surface area (Å²) in [5, 5.41) is 0. The van der Waals surface area contributed by atoms with Gasteiger partial charge in [-0.25, -0.2) is 15.0 Å². The van der Waals surface area contributed by atoms with Crippen molar-refractivity contribution in [3.8, 4) is 11.9 Å². The molecule has 4 nitrogen and oxygen atoms in total. The molecule has 0 unspecified atom stereocenters. The van der Waals surface area contributed by atoms with Gasteiger partial charge in [-0.15, -0.1) is 0 Å². The van der Waals surface area contributed by atoms with Crippen molar-refractivity contribution in [2.24, 2.45) is 0 Å². The molecule has 13 heavy (non-hydrogen) atoms. The van der Waals surface area contributed by atoms with Crippen LogP contribution in [0, 0.1) is 0 Å². The van der Waals surface area contributed by atoms with E-state index in [2.05, 4.69) is 15.0 Å². The fourth-order valence-corrected chi connectivity index (χ4v) is 0.839. The average Bonchev–Trinajstić information content (AvgIpc) is 2.21. The predicted octanol–water partition coefficient (Wildman–Crippen LogP) is 1.66. The summed E-state index contributed by atoms with van der Waals surface area (Å²) in [6, 6.07) is 7.44. The lowest BCUT2D eigenvalue weighted by Crippen LogP contribution is -1.91. The van der Waals surface area contributed by atoms with Gasteiger partial charge in [-0.1, -0.05) is 6.07 Å². The van der Waals surface area contributed by atoms with Gasteiger partial charge in [-0.05, 0) is 12.1 Å². The van der Waals surface area contributed by atoms with Gasteiger partial charge in [0.05, 0.1) is 0 Å². The second-order valence-corrected chi connectivity index (χ2v) is 2.30. The largest absolute Gasteiger partial charge is 0.405 e. The molecule has 0 atom stereocenters. The highest BCUT2D eigenvalue weighted by atomic mass is 16.5. The van der Waals surface area contributed by atoms with Crippen LogP contribution in [-0.4, -0.2) is 15.0 Å². The molecule has 0 fully saturated rings. The highest BCUT2D eigenvalue weighted by molar-refractivity contribution is 5.13. The van der Waals surface area contributed by atoms with E-state index in [4.69, 9.17) is 4.74 Å². The maximum atomic E-state index is 5.24. The molecule has 0 aromatic carbocycles. The minimum Gasteiger partial charge on any atom is -0.405 e. The summed E-state index contributed by atoms with van der Waals surface area (Å²) < 4.78 is 5.24. The zero-order valence-electron chi connectivity index (χ0n) is 6.79. The van der Waals surface area contributed by atoms with E-state index in [1.54, 1.807) is 30.7 Å². The Morgan fingerprint density at radius 3 is 2.31 bits per heavy atom. The first-order chi connectivity index (χ1) is 6.45. The van der Waals surface area contributed by atoms with Crippen LogP contribution in [-0.2, 0) is 0 Å². The van der Waals surface area contributed by atoms with Gasteiger partial charge in [0.2, 0.25) is 5.88 Å². The van der Waals surface area contributed by atoms with Crippen molar-refractivity contribution >= 4 is 0 Å². The second kappa shape index (κ2) is 3.62. The molecule has 0 spiro atoms. The van der Waals surface area contributed by atoms with E-state index in [1.165, 1.54) is 0 Å². The van der Waals surface area contributed by atoms with Crippen LogP contribution >= 0.6 is 0 Å². The molecular formula is C9H7N3O. The smallest absolute Gasteiger partial charge is 0.323 e. The Morgan fingerprint density at radius 1 is 0.846 bits per heavy atom. The molecule has 4 heteroatoms. The molecule has 0 N–H and O–H groups in total. The van der Waals surface area contributed by atoms with Crippen molar-refractivity contribution in [1.82, 2.24) is 15.0 Å². The van der Waals surface area contributed by atoms with Crippen LogP contribution in [0.25, 0.3) is 0 Å². The van der Waals surface area contributed by atoms with Crippen molar-refractivity contribution in [2.45, 2.75) is 0 Å². The number of aromatic nitrogens is 3. The number of hydrogen-bond donors (Lipinski definition) is 0. The Morgan fingerprint density at radius 2 is 1.62 bits per heavy atom. The molecule has 0 bridgehead atoms. The van der Waals surface area contributed by atoms with Gasteiger partial charge in [0.15, 0.2) is 0 Å². The molecule has 2 aromatic rings. The number of hydrogen-bond acceptors (Lipinski definition) is 4. The maximum absolute atomic E-state index is 5.24. The van der Waals surface area contributed by atoms with E-state index in [9.17, 15) is 0 Å². The molecule has 0 aliphatic rings. The van der Waals surface area contributed by atoms with Crippen molar-refractivity contribution in [1.29, 1.82) is 0 Å². The van der Waals surface area contributed by atoms with E-state index in [0.717, 1.165) is 0 Å². The second-order valence-electron chi connectivity index (χ2n) is 2.30. The van der Waals surface area contributed by atoms with Gasteiger partial charge in [-0.3, -0.25) is 0 Å². The molecule has 0 radical (unpaired) electrons. The summed E-state index contributed by atoms with van der Waals surface area (Å²) in [5.41, 5.74) is 0. The summed E-state index contributed by atoms with van der Waals surface area (Å²) in [4.78, 5) is 11.8. The highest BCUT2D eigenvalue weighted by Crippen LogP contribution is 2.11. The molecule has 64 valence electrons. The number of ether oxygens (including phenoxy) is 1. The number of nitrogens with zero attached hydrogens (tertiary/aromatic N) is 3. The van der Waals surface area contributed by atoms with Gasteiger partial charge < -0.3 is 4.74 Å². The standard InChI is InChI=1S/C9H7N3O/c1-2-5-10-8(4-1)13-9-11-6-3-7-12-9/h1-7H. The minimum absolute atomic E-state index is 0.307. The average molecular weight is 173 g/mol. The van der Waals surface area contributed by atoms with E-state index in [1.807, 2.05) is 12.1 Å². The Balaban J connectivity index is 2.16. The van der Waals surface area contributed by atoms with Crippen LogP contribution in [0.4, 0.5) is 0 Å². The Bertz CT molecular complexity index is 326. The summed E-state index contributed by atoms with van der Waals surface area (Å²) >= 11 is 0. The van der Waals surface area contributed by atoms with Gasteiger partial charge >= 0.3 is 6.01 Å². The predicted molar refractivity (Wildman–Crippen MR) is 46.3 cm³/mol. The Hall–Kier alpha value is -1.97. The monoisotopic (exact) mass is 173 g/mol. The van der Waals surface area contributed by atoms with Gasteiger partial charge in [0.1, 0.15) is 0 Å². The number of rotatable bonds is 2. The van der Waals surface area contributed by atoms with Crippen LogP contribution in [0.3, 0.4) is 0 Å². The fraction of sp³-hybridized carbons (Fsp3) is 0. The molecule has 0 saturated carbocycles. The number of pyridine rings is 1. The van der Waals surface area contributed by atoms with Crippen molar-refractivity contribution < 1.29 is 4.74 Å². The molecule has 2 rings (SSSR count). The van der Waals surface area contributed by atoms with Crippen LogP contribution in [0.5, 0.6) is 11.9 Å². The molecule has 2 heterocycles. The minimum atomic E-state index is 0.307. The Kier molecular flexibility index (Phi) is 2.14. The highest BCUT2D eigenvalue weighted by Gasteiger charge is 1.97. The van der Waals surface area contributed by atoms with E-state index in [0.29, 0.717) is 11.9 Å². The first-order valence-corrected chi connectivity index (χ1v) is 3.81. The zero-order valence-corrected chi connectivity index (χ0v) is 6.79. The molecule has 0 amide bonds. The quantitative estimate of drug-likeness (QED) is 0.693. The van der Waals surface area contributed by atoms with Crippen LogP contribution in [0.2, 0.25) is 0 Å². The Labute approximate surface area is 75.3 Å². The zero-order chi connectivity index (χ0) is 8.93. The lowest BCUT2D eigenvalue weighted by Gasteiger charge is -1.99.